The fourth-order valence-electron chi connectivity index (χ4n) is 6.32. The molecular weight excluding hydrogens is 915 g/mol. The zero-order valence-corrected chi connectivity index (χ0v) is 39.8. The Morgan fingerprint density at radius 2 is 0.877 bits per heavy atom. The van der Waals surface area contributed by atoms with Gasteiger partial charge in [-0.2, -0.15) is 4.80 Å². The molecule has 6 aromatic carbocycles. The third kappa shape index (κ3) is 16.8. The normalized spacial score (nSPS) is 10.9. The van der Waals surface area contributed by atoms with E-state index in [0.717, 1.165) is 30.4 Å². The Kier molecular flexibility index (Phi) is 21.2. The van der Waals surface area contributed by atoms with Crippen molar-refractivity contribution in [1.29, 1.82) is 0 Å². The first kappa shape index (κ1) is 52.1. The van der Waals surface area contributed by atoms with Crippen LogP contribution in [0.3, 0.4) is 0 Å². The summed E-state index contributed by atoms with van der Waals surface area (Å²) >= 11 is 0. The standard InChI is InChI=1S/C36H28OP2.C10H13N5.C4H10O.BF4.Cu/c1-5-17-29(18-6-1)38(30-19-7-2-8-20-30)35-27-15-13-25-33(35)37-34-26-14-16-28-36(34)39(31-21-9-3-10-22-31)32-23-11-4-12-24-32;1-10(2,3)15-13-9(12-14-15)8-6-4-5-7-11-8;1-3-5-4-2;2-1(3,4)5;/h1-28H;4-7H,1-3H3;3-4H2,1-2H3;;/q;;;-1;+1/p+2. The van der Waals surface area contributed by atoms with Crippen LogP contribution in [0.25, 0.3) is 11.5 Å². The summed E-state index contributed by atoms with van der Waals surface area (Å²) in [6.07, 6.45) is 1.72. The first-order chi connectivity index (χ1) is 30.9. The second-order valence-electron chi connectivity index (χ2n) is 14.9. The number of hydrogen-bond donors (Lipinski definition) is 0. The van der Waals surface area contributed by atoms with Crippen molar-refractivity contribution >= 4 is 54.9 Å². The Balaban J connectivity index is 0.000000292. The van der Waals surface area contributed by atoms with Crippen molar-refractivity contribution in [2.45, 2.75) is 40.2 Å². The van der Waals surface area contributed by atoms with E-state index in [4.69, 9.17) is 9.47 Å². The molecule has 340 valence electrons. The van der Waals surface area contributed by atoms with Crippen molar-refractivity contribution in [2.24, 2.45) is 0 Å². The number of rotatable bonds is 11. The van der Waals surface area contributed by atoms with Gasteiger partial charge in [-0.15, -0.1) is 10.2 Å². The summed E-state index contributed by atoms with van der Waals surface area (Å²) in [5, 5.41) is 20.1. The molecule has 65 heavy (non-hydrogen) atoms. The number of ether oxygens (including phenoxy) is 2. The SMILES string of the molecule is CC(C)(C)n1nnc(-c2ccccn2)n1.CCOCC.F[B-](F)(F)F.[Cu+].c1ccc([PH+](c2ccccc2)c2ccccc2Oc2ccccc2[PH+](c2ccccc2)c2ccccc2)cc1. The van der Waals surface area contributed by atoms with Crippen molar-refractivity contribution in [3.63, 3.8) is 0 Å². The molecule has 0 spiro atoms. The van der Waals surface area contributed by atoms with Crippen LogP contribution in [0.1, 0.15) is 34.6 Å². The minimum absolute atomic E-state index is 0. The molecule has 0 aliphatic heterocycles. The van der Waals surface area contributed by atoms with Crippen LogP contribution in [-0.2, 0) is 27.3 Å². The Labute approximate surface area is 392 Å². The van der Waals surface area contributed by atoms with Crippen LogP contribution in [0.2, 0.25) is 0 Å². The number of para-hydroxylation sites is 2. The molecule has 0 fully saturated rings. The van der Waals surface area contributed by atoms with Gasteiger partial charge in [0.15, 0.2) is 11.5 Å². The van der Waals surface area contributed by atoms with Crippen molar-refractivity contribution in [2.75, 3.05) is 13.2 Å². The van der Waals surface area contributed by atoms with Gasteiger partial charge in [-0.25, -0.2) is 0 Å². The number of hydrogen-bond acceptors (Lipinski definition) is 6. The van der Waals surface area contributed by atoms with Gasteiger partial charge in [-0.05, 0) is 125 Å². The molecule has 0 unspecified atom stereocenters. The molecule has 0 N–H and O–H groups in total. The van der Waals surface area contributed by atoms with Crippen LogP contribution in [0.15, 0.2) is 194 Å². The second-order valence-corrected chi connectivity index (χ2v) is 19.8. The third-order valence-electron chi connectivity index (χ3n) is 9.10. The summed E-state index contributed by atoms with van der Waals surface area (Å²) in [6.45, 7) is 11.7. The van der Waals surface area contributed by atoms with Gasteiger partial charge in [0.1, 0.15) is 53.4 Å². The number of benzene rings is 6. The van der Waals surface area contributed by atoms with Gasteiger partial charge in [0, 0.05) is 19.4 Å². The zero-order chi connectivity index (χ0) is 45.8. The van der Waals surface area contributed by atoms with E-state index in [2.05, 4.69) is 190 Å². The maximum absolute atomic E-state index is 9.75. The molecule has 8 rings (SSSR count). The summed E-state index contributed by atoms with van der Waals surface area (Å²) in [5.41, 5.74) is 0.591. The van der Waals surface area contributed by atoms with E-state index in [-0.39, 0.29) is 22.6 Å². The van der Waals surface area contributed by atoms with E-state index in [0.29, 0.717) is 5.82 Å². The molecule has 7 nitrogen and oxygen atoms in total. The minimum atomic E-state index is -6.00. The smallest absolute Gasteiger partial charge is 0.449 e. The molecule has 8 aromatic rings. The van der Waals surface area contributed by atoms with Gasteiger partial charge in [0.25, 0.3) is 0 Å². The average Bonchev–Trinajstić information content (AvgIpc) is 3.82. The summed E-state index contributed by atoms with van der Waals surface area (Å²) in [6, 6.07) is 66.2. The van der Waals surface area contributed by atoms with Gasteiger partial charge in [-0.3, -0.25) is 4.98 Å². The number of pyridine rings is 1. The first-order valence-corrected chi connectivity index (χ1v) is 23.9. The van der Waals surface area contributed by atoms with Gasteiger partial charge in [0.05, 0.1) is 5.54 Å². The first-order valence-electron chi connectivity index (χ1n) is 20.9. The number of aromatic nitrogens is 5. The summed E-state index contributed by atoms with van der Waals surface area (Å²) in [5.74, 6) is 2.41. The number of nitrogens with zero attached hydrogens (tertiary/aromatic N) is 5. The molecule has 0 bridgehead atoms. The fourth-order valence-corrected chi connectivity index (χ4v) is 11.6. The van der Waals surface area contributed by atoms with Gasteiger partial charge in [-0.1, -0.05) is 103 Å². The Morgan fingerprint density at radius 1 is 0.523 bits per heavy atom. The number of halogens is 4. The molecule has 0 saturated carbocycles. The molecule has 0 aliphatic rings. The van der Waals surface area contributed by atoms with E-state index in [1.165, 1.54) is 31.8 Å². The molecule has 2 aromatic heterocycles. The molecule has 0 amide bonds. The van der Waals surface area contributed by atoms with Crippen molar-refractivity contribution in [3.05, 3.63) is 194 Å². The van der Waals surface area contributed by atoms with Crippen LogP contribution < -0.4 is 36.6 Å². The Bertz CT molecular complexity index is 2330. The molecule has 0 aliphatic carbocycles. The van der Waals surface area contributed by atoms with E-state index < -0.39 is 23.1 Å². The maximum Gasteiger partial charge on any atom is 1.00 e. The van der Waals surface area contributed by atoms with Crippen LogP contribution in [0.4, 0.5) is 17.3 Å². The summed E-state index contributed by atoms with van der Waals surface area (Å²) < 4.78 is 50.8. The maximum atomic E-state index is 9.75. The molecular formula is C50H53BCuF4N5O2P2+2. The number of tetrazole rings is 1. The molecule has 2 heterocycles. The summed E-state index contributed by atoms with van der Waals surface area (Å²) in [4.78, 5) is 5.76. The van der Waals surface area contributed by atoms with E-state index in [1.54, 1.807) is 11.0 Å². The van der Waals surface area contributed by atoms with E-state index in [9.17, 15) is 17.3 Å². The Morgan fingerprint density at radius 3 is 1.18 bits per heavy atom. The van der Waals surface area contributed by atoms with Crippen molar-refractivity contribution < 1.29 is 43.8 Å². The quantitative estimate of drug-likeness (QED) is 0.0731. The second kappa shape index (κ2) is 26.4. The summed E-state index contributed by atoms with van der Waals surface area (Å²) in [7, 11) is -8.56. The van der Waals surface area contributed by atoms with E-state index >= 15 is 0 Å². The van der Waals surface area contributed by atoms with E-state index in [1.807, 2.05) is 52.8 Å². The largest absolute Gasteiger partial charge is 1.00 e. The topological polar surface area (TPSA) is 75.0 Å². The molecule has 0 radical (unpaired) electrons. The molecule has 0 saturated heterocycles. The van der Waals surface area contributed by atoms with Crippen LogP contribution in [-0.4, -0.2) is 45.7 Å². The third-order valence-corrected chi connectivity index (χ3v) is 14.6. The van der Waals surface area contributed by atoms with Crippen LogP contribution >= 0.6 is 15.8 Å². The van der Waals surface area contributed by atoms with Crippen molar-refractivity contribution in [3.8, 4) is 23.0 Å². The molecule has 0 atom stereocenters. The average molecular weight is 968 g/mol. The monoisotopic (exact) mass is 967 g/mol. The Hall–Kier alpha value is -5.54. The van der Waals surface area contributed by atoms with Crippen LogP contribution in [0, 0.1) is 0 Å². The minimum Gasteiger partial charge on any atom is -0.449 e. The van der Waals surface area contributed by atoms with Gasteiger partial charge < -0.3 is 26.7 Å². The van der Waals surface area contributed by atoms with Gasteiger partial charge >= 0.3 is 24.3 Å². The fraction of sp³-hybridized carbons (Fsp3) is 0.160. The van der Waals surface area contributed by atoms with Crippen LogP contribution in [0.5, 0.6) is 11.5 Å². The predicted octanol–water partition coefficient (Wildman–Crippen LogP) is 10.3. The zero-order valence-electron chi connectivity index (χ0n) is 36.8. The van der Waals surface area contributed by atoms with Crippen molar-refractivity contribution in [1.82, 2.24) is 25.2 Å². The molecule has 15 heteroatoms. The van der Waals surface area contributed by atoms with Gasteiger partial charge in [0.2, 0.25) is 5.82 Å². The predicted molar refractivity (Wildman–Crippen MR) is 262 cm³/mol.